The summed E-state index contributed by atoms with van der Waals surface area (Å²) in [4.78, 5) is 23.8. The molecule has 1 fully saturated rings. The zero-order chi connectivity index (χ0) is 15.7. The van der Waals surface area contributed by atoms with Crippen LogP contribution in [0.3, 0.4) is 0 Å². The first-order chi connectivity index (χ1) is 10.5. The van der Waals surface area contributed by atoms with E-state index in [1.165, 1.54) is 0 Å². The number of hydrogen-bond acceptors (Lipinski definition) is 4. The third-order valence-corrected chi connectivity index (χ3v) is 4.26. The number of aromatic nitrogens is 4. The molecule has 116 valence electrons. The number of amides is 1. The number of rotatable bonds is 3. The molecule has 0 radical (unpaired) electrons. The Hall–Kier alpha value is -2.24. The van der Waals surface area contributed by atoms with Crippen molar-refractivity contribution in [2.45, 2.75) is 45.7 Å². The van der Waals surface area contributed by atoms with Gasteiger partial charge in [-0.1, -0.05) is 0 Å². The minimum Gasteiger partial charge on any atom is -0.328 e. The normalized spacial score (nSPS) is 21.3. The van der Waals surface area contributed by atoms with E-state index in [1.54, 1.807) is 17.1 Å². The van der Waals surface area contributed by atoms with Crippen LogP contribution in [0.15, 0.2) is 24.5 Å². The maximum absolute atomic E-state index is 12.7. The van der Waals surface area contributed by atoms with Crippen molar-refractivity contribution in [1.82, 2.24) is 24.6 Å². The molecule has 0 aromatic carbocycles. The minimum absolute atomic E-state index is 0.0615. The van der Waals surface area contributed by atoms with Crippen LogP contribution in [0.2, 0.25) is 0 Å². The molecule has 3 rings (SSSR count). The third kappa shape index (κ3) is 2.61. The topological polar surface area (TPSA) is 63.9 Å². The Balaban J connectivity index is 1.89. The maximum atomic E-state index is 12.7. The van der Waals surface area contributed by atoms with Crippen molar-refractivity contribution in [3.8, 4) is 0 Å². The Kier molecular flexibility index (Phi) is 3.68. The van der Waals surface area contributed by atoms with Gasteiger partial charge in [0.1, 0.15) is 6.54 Å². The van der Waals surface area contributed by atoms with Crippen LogP contribution in [0.5, 0.6) is 0 Å². The largest absolute Gasteiger partial charge is 0.328 e. The van der Waals surface area contributed by atoms with Gasteiger partial charge < -0.3 is 4.90 Å². The van der Waals surface area contributed by atoms with Crippen molar-refractivity contribution in [2.75, 3.05) is 6.54 Å². The first-order valence-electron chi connectivity index (χ1n) is 7.60. The quantitative estimate of drug-likeness (QED) is 0.867. The highest BCUT2D eigenvalue weighted by Crippen LogP contribution is 2.37. The second-order valence-electron chi connectivity index (χ2n) is 6.10. The van der Waals surface area contributed by atoms with E-state index in [9.17, 15) is 4.79 Å². The van der Waals surface area contributed by atoms with Gasteiger partial charge in [-0.3, -0.25) is 9.48 Å². The molecule has 6 nitrogen and oxygen atoms in total. The lowest BCUT2D eigenvalue weighted by Gasteiger charge is -2.34. The summed E-state index contributed by atoms with van der Waals surface area (Å²) in [6, 6.07) is 3.78. The van der Waals surface area contributed by atoms with Crippen LogP contribution < -0.4 is 0 Å². The van der Waals surface area contributed by atoms with Crippen LogP contribution in [0, 0.1) is 13.8 Å². The van der Waals surface area contributed by atoms with Crippen molar-refractivity contribution in [3.05, 3.63) is 41.7 Å². The minimum atomic E-state index is -0.430. The lowest BCUT2D eigenvalue weighted by atomic mass is 9.97. The van der Waals surface area contributed by atoms with Crippen molar-refractivity contribution < 1.29 is 4.79 Å². The molecule has 1 unspecified atom stereocenters. The molecule has 1 aliphatic heterocycles. The SMILES string of the molecule is Cc1cc(C)nc(C2(C)CCCN2C(=O)Cn2cccn2)n1. The second-order valence-corrected chi connectivity index (χ2v) is 6.10. The molecule has 0 N–H and O–H groups in total. The Bertz CT molecular complexity index is 662. The van der Waals surface area contributed by atoms with E-state index in [0.717, 1.165) is 36.6 Å². The molecule has 22 heavy (non-hydrogen) atoms. The van der Waals surface area contributed by atoms with Crippen LogP contribution in [-0.2, 0) is 16.9 Å². The molecule has 0 spiro atoms. The van der Waals surface area contributed by atoms with Gasteiger partial charge in [-0.25, -0.2) is 9.97 Å². The molecule has 1 aliphatic rings. The number of likely N-dealkylation sites (tertiary alicyclic amines) is 1. The Morgan fingerprint density at radius 2 is 2.05 bits per heavy atom. The van der Waals surface area contributed by atoms with E-state index in [-0.39, 0.29) is 12.5 Å². The Labute approximate surface area is 130 Å². The number of carbonyl (C=O) groups excluding carboxylic acids is 1. The Morgan fingerprint density at radius 3 is 2.68 bits per heavy atom. The van der Waals surface area contributed by atoms with Crippen molar-refractivity contribution in [1.29, 1.82) is 0 Å². The average Bonchev–Trinajstić information content (AvgIpc) is 3.07. The number of carbonyl (C=O) groups is 1. The summed E-state index contributed by atoms with van der Waals surface area (Å²) in [5.74, 6) is 0.808. The highest BCUT2D eigenvalue weighted by atomic mass is 16.2. The first kappa shape index (κ1) is 14.7. The smallest absolute Gasteiger partial charge is 0.245 e. The lowest BCUT2D eigenvalue weighted by Crippen LogP contribution is -2.45. The highest BCUT2D eigenvalue weighted by Gasteiger charge is 2.43. The van der Waals surface area contributed by atoms with E-state index < -0.39 is 5.54 Å². The lowest BCUT2D eigenvalue weighted by molar-refractivity contribution is -0.136. The molecule has 0 bridgehead atoms. The van der Waals surface area contributed by atoms with Crippen molar-refractivity contribution in [2.24, 2.45) is 0 Å². The number of nitrogens with zero attached hydrogens (tertiary/aromatic N) is 5. The van der Waals surface area contributed by atoms with Crippen LogP contribution in [0.25, 0.3) is 0 Å². The zero-order valence-electron chi connectivity index (χ0n) is 13.3. The van der Waals surface area contributed by atoms with Crippen LogP contribution in [0.4, 0.5) is 0 Å². The van der Waals surface area contributed by atoms with Gasteiger partial charge in [-0.15, -0.1) is 0 Å². The van der Waals surface area contributed by atoms with Crippen molar-refractivity contribution in [3.63, 3.8) is 0 Å². The van der Waals surface area contributed by atoms with E-state index in [0.29, 0.717) is 0 Å². The molecule has 2 aromatic heterocycles. The fourth-order valence-corrected chi connectivity index (χ4v) is 3.18. The second kappa shape index (κ2) is 5.51. The molecular formula is C16H21N5O. The molecule has 1 amide bonds. The summed E-state index contributed by atoms with van der Waals surface area (Å²) in [5, 5.41) is 4.11. The predicted octanol–water partition coefficient (Wildman–Crippen LogP) is 1.83. The van der Waals surface area contributed by atoms with Gasteiger partial charge in [0.05, 0.1) is 5.54 Å². The monoisotopic (exact) mass is 299 g/mol. The van der Waals surface area contributed by atoms with E-state index in [4.69, 9.17) is 0 Å². The van der Waals surface area contributed by atoms with E-state index in [2.05, 4.69) is 22.0 Å². The summed E-state index contributed by atoms with van der Waals surface area (Å²) in [5.41, 5.74) is 1.45. The molecule has 1 atom stereocenters. The summed E-state index contributed by atoms with van der Waals surface area (Å²) >= 11 is 0. The van der Waals surface area contributed by atoms with Gasteiger partial charge in [0.25, 0.3) is 0 Å². The van der Waals surface area contributed by atoms with E-state index >= 15 is 0 Å². The van der Waals surface area contributed by atoms with Gasteiger partial charge in [0.15, 0.2) is 5.82 Å². The van der Waals surface area contributed by atoms with Gasteiger partial charge >= 0.3 is 0 Å². The van der Waals surface area contributed by atoms with Gasteiger partial charge in [0.2, 0.25) is 5.91 Å². The molecule has 3 heterocycles. The summed E-state index contributed by atoms with van der Waals surface area (Å²) in [7, 11) is 0. The molecule has 0 saturated carbocycles. The number of aryl methyl sites for hydroxylation is 2. The van der Waals surface area contributed by atoms with Crippen molar-refractivity contribution >= 4 is 5.91 Å². The first-order valence-corrected chi connectivity index (χ1v) is 7.60. The molecule has 6 heteroatoms. The van der Waals surface area contributed by atoms with E-state index in [1.807, 2.05) is 30.9 Å². The zero-order valence-corrected chi connectivity index (χ0v) is 13.3. The fourth-order valence-electron chi connectivity index (χ4n) is 3.18. The van der Waals surface area contributed by atoms with Gasteiger partial charge in [-0.2, -0.15) is 5.10 Å². The molecular weight excluding hydrogens is 278 g/mol. The fraction of sp³-hybridized carbons (Fsp3) is 0.500. The molecule has 0 aliphatic carbocycles. The van der Waals surface area contributed by atoms with Gasteiger partial charge in [-0.05, 0) is 45.7 Å². The average molecular weight is 299 g/mol. The molecule has 1 saturated heterocycles. The summed E-state index contributed by atoms with van der Waals surface area (Å²) < 4.78 is 1.66. The third-order valence-electron chi connectivity index (χ3n) is 4.26. The standard InChI is InChI=1S/C16H21N5O/c1-12-10-13(2)19-15(18-12)16(3)6-4-9-21(16)14(22)11-20-8-5-7-17-20/h5,7-8,10H,4,6,9,11H2,1-3H3. The predicted molar refractivity (Wildman–Crippen MR) is 82.0 cm³/mol. The number of hydrogen-bond donors (Lipinski definition) is 0. The maximum Gasteiger partial charge on any atom is 0.245 e. The molecule has 2 aromatic rings. The highest BCUT2D eigenvalue weighted by molar-refractivity contribution is 5.77. The van der Waals surface area contributed by atoms with Crippen LogP contribution >= 0.6 is 0 Å². The summed E-state index contributed by atoms with van der Waals surface area (Å²) in [6.07, 6.45) is 5.35. The van der Waals surface area contributed by atoms with Crippen LogP contribution in [0.1, 0.15) is 37.0 Å². The van der Waals surface area contributed by atoms with Crippen LogP contribution in [-0.4, -0.2) is 37.1 Å². The summed E-state index contributed by atoms with van der Waals surface area (Å²) in [6.45, 7) is 6.99. The Morgan fingerprint density at radius 1 is 1.32 bits per heavy atom. The van der Waals surface area contributed by atoms with Gasteiger partial charge in [0, 0.05) is 30.3 Å².